The van der Waals surface area contributed by atoms with E-state index in [0.717, 1.165) is 17.0 Å². The number of nitrogens with zero attached hydrogens (tertiary/aromatic N) is 1. The molecule has 0 unspecified atom stereocenters. The summed E-state index contributed by atoms with van der Waals surface area (Å²) in [5.41, 5.74) is -1.54. The van der Waals surface area contributed by atoms with E-state index in [1.807, 2.05) is 5.32 Å². The van der Waals surface area contributed by atoms with Gasteiger partial charge < -0.3 is 10.1 Å². The van der Waals surface area contributed by atoms with Gasteiger partial charge in [0.15, 0.2) is 6.61 Å². The second kappa shape index (κ2) is 8.22. The smallest absolute Gasteiger partial charge is 0.418 e. The molecule has 3 amide bonds. The molecule has 32 heavy (non-hydrogen) atoms. The Balaban J connectivity index is 1.33. The van der Waals surface area contributed by atoms with E-state index in [2.05, 4.69) is 0 Å². The summed E-state index contributed by atoms with van der Waals surface area (Å²) in [5, 5.41) is 1.16. The molecule has 3 fully saturated rings. The van der Waals surface area contributed by atoms with Crippen molar-refractivity contribution in [3.8, 4) is 0 Å². The molecule has 1 aliphatic heterocycles. The molecule has 3 aliphatic rings. The summed E-state index contributed by atoms with van der Waals surface area (Å²) in [4.78, 5) is 50.3. The molecule has 2 aliphatic carbocycles. The van der Waals surface area contributed by atoms with Crippen molar-refractivity contribution in [3.05, 3.63) is 29.8 Å². The van der Waals surface area contributed by atoms with Gasteiger partial charge in [0.1, 0.15) is 6.54 Å². The number of ether oxygens (including phenoxy) is 1. The molecule has 2 saturated carbocycles. The number of nitrogens with one attached hydrogen (secondary N) is 1. The zero-order valence-corrected chi connectivity index (χ0v) is 17.8. The van der Waals surface area contributed by atoms with Crippen LogP contribution in [0.3, 0.4) is 0 Å². The van der Waals surface area contributed by atoms with Gasteiger partial charge in [-0.3, -0.25) is 24.1 Å². The average molecular weight is 493 g/mol. The fourth-order valence-electron chi connectivity index (χ4n) is 4.91. The Morgan fingerprint density at radius 3 is 2.19 bits per heavy atom. The molecule has 2 bridgehead atoms. The number of carbonyl (C=O) groups excluding carboxylic acids is 4. The maximum atomic E-state index is 13.0. The summed E-state index contributed by atoms with van der Waals surface area (Å²) in [6, 6.07) is 4.34. The maximum Gasteiger partial charge on any atom is 0.418 e. The van der Waals surface area contributed by atoms with Crippen LogP contribution < -0.4 is 5.32 Å². The van der Waals surface area contributed by atoms with E-state index in [1.165, 1.54) is 12.1 Å². The van der Waals surface area contributed by atoms with Crippen molar-refractivity contribution in [3.63, 3.8) is 0 Å². The van der Waals surface area contributed by atoms with E-state index in [4.69, 9.17) is 27.9 Å². The maximum absolute atomic E-state index is 13.0. The van der Waals surface area contributed by atoms with Gasteiger partial charge in [0, 0.05) is 0 Å². The minimum absolute atomic E-state index is 0.244. The van der Waals surface area contributed by atoms with Crippen molar-refractivity contribution in [1.29, 1.82) is 0 Å². The highest BCUT2D eigenvalue weighted by Gasteiger charge is 2.66. The summed E-state index contributed by atoms with van der Waals surface area (Å²) in [7, 11) is 0. The fourth-order valence-corrected chi connectivity index (χ4v) is 5.81. The van der Waals surface area contributed by atoms with Crippen molar-refractivity contribution >= 4 is 52.6 Å². The lowest BCUT2D eigenvalue weighted by atomic mass is 9.80. The number of imide groups is 1. The Hall–Kier alpha value is -2.33. The first kappa shape index (κ1) is 22.8. The van der Waals surface area contributed by atoms with Crippen LogP contribution in [-0.2, 0) is 30.1 Å². The van der Waals surface area contributed by atoms with Gasteiger partial charge in [0.2, 0.25) is 11.8 Å². The molecule has 0 spiro atoms. The van der Waals surface area contributed by atoms with Crippen molar-refractivity contribution in [2.75, 3.05) is 18.5 Å². The third-order valence-corrected chi connectivity index (χ3v) is 7.56. The molecule has 172 valence electrons. The standard InChI is InChI=1S/C20H17Cl2F3N2O5/c21-16-8-5-9(17(16)22)15-14(8)18(30)27(19(15)31)6-13(29)32-7-12(28)26-11-4-2-1-3-10(11)20(23,24)25/h1-4,8-9,14-17H,5-7H2,(H,26,28)/t8-,9-,14-,15+,16-,17+/m1/s1. The zero-order chi connectivity index (χ0) is 23.4. The number of alkyl halides is 5. The molecule has 4 rings (SSSR count). The van der Waals surface area contributed by atoms with E-state index in [1.54, 1.807) is 0 Å². The topological polar surface area (TPSA) is 92.8 Å². The number of hydrogen-bond acceptors (Lipinski definition) is 5. The van der Waals surface area contributed by atoms with Crippen LogP contribution in [0.1, 0.15) is 12.0 Å². The van der Waals surface area contributed by atoms with Crippen LogP contribution >= 0.6 is 23.2 Å². The molecule has 1 N–H and O–H groups in total. The number of anilines is 1. The first-order chi connectivity index (χ1) is 15.0. The lowest BCUT2D eigenvalue weighted by Crippen LogP contribution is -2.38. The third kappa shape index (κ3) is 3.83. The number of likely N-dealkylation sites (tertiary alicyclic amines) is 1. The van der Waals surface area contributed by atoms with Gasteiger partial charge in [0.05, 0.1) is 33.8 Å². The summed E-state index contributed by atoms with van der Waals surface area (Å²) >= 11 is 12.5. The van der Waals surface area contributed by atoms with Crippen LogP contribution in [0.15, 0.2) is 24.3 Å². The summed E-state index contributed by atoms with van der Waals surface area (Å²) in [5.74, 6) is -4.83. The highest BCUT2D eigenvalue weighted by molar-refractivity contribution is 6.31. The summed E-state index contributed by atoms with van der Waals surface area (Å²) in [6.45, 7) is -1.58. The van der Waals surface area contributed by atoms with Crippen molar-refractivity contribution < 1.29 is 37.1 Å². The molecule has 1 aromatic rings. The Labute approximate surface area is 190 Å². The minimum Gasteiger partial charge on any atom is -0.454 e. The van der Waals surface area contributed by atoms with Gasteiger partial charge >= 0.3 is 12.1 Å². The Bertz CT molecular complexity index is 956. The SMILES string of the molecule is O=C(COC(=O)CN1C(=O)[C@@H]2[C@H]3C[C@@H]([C@H](Cl)[C@@H]3Cl)[C@@H]2C1=O)Nc1ccccc1C(F)(F)F. The molecule has 6 atom stereocenters. The first-order valence-corrected chi connectivity index (χ1v) is 10.6. The first-order valence-electron chi connectivity index (χ1n) is 9.75. The lowest BCUT2D eigenvalue weighted by molar-refractivity contribution is -0.154. The number of amides is 3. The molecule has 1 saturated heterocycles. The predicted octanol–water partition coefficient (Wildman–Crippen LogP) is 2.65. The minimum atomic E-state index is -4.68. The Morgan fingerprint density at radius 2 is 1.62 bits per heavy atom. The van der Waals surface area contributed by atoms with Crippen LogP contribution in [0.2, 0.25) is 0 Å². The highest BCUT2D eigenvalue weighted by Crippen LogP contribution is 2.59. The predicted molar refractivity (Wildman–Crippen MR) is 106 cm³/mol. The zero-order valence-electron chi connectivity index (χ0n) is 16.3. The molecule has 0 radical (unpaired) electrons. The number of fused-ring (bicyclic) bond motifs is 5. The number of rotatable bonds is 5. The van der Waals surface area contributed by atoms with Gasteiger partial charge in [-0.05, 0) is 30.4 Å². The van der Waals surface area contributed by atoms with E-state index >= 15 is 0 Å². The summed E-state index contributed by atoms with van der Waals surface area (Å²) in [6.07, 6.45) is -4.11. The van der Waals surface area contributed by atoms with Crippen LogP contribution in [0.25, 0.3) is 0 Å². The second-order valence-electron chi connectivity index (χ2n) is 8.02. The molecule has 12 heteroatoms. The van der Waals surface area contributed by atoms with Crippen LogP contribution in [0.5, 0.6) is 0 Å². The van der Waals surface area contributed by atoms with Gasteiger partial charge in [-0.25, -0.2) is 0 Å². The largest absolute Gasteiger partial charge is 0.454 e. The normalized spacial score (nSPS) is 31.1. The fraction of sp³-hybridized carbons (Fsp3) is 0.500. The van der Waals surface area contributed by atoms with Crippen LogP contribution in [-0.4, -0.2) is 52.5 Å². The van der Waals surface area contributed by atoms with Crippen molar-refractivity contribution in [2.45, 2.75) is 23.4 Å². The van der Waals surface area contributed by atoms with E-state index in [-0.39, 0.29) is 11.8 Å². The van der Waals surface area contributed by atoms with E-state index in [9.17, 15) is 32.3 Å². The molecule has 0 aromatic heterocycles. The number of para-hydroxylation sites is 1. The number of halogens is 5. The lowest BCUT2D eigenvalue weighted by Gasteiger charge is -2.28. The van der Waals surface area contributed by atoms with Gasteiger partial charge in [-0.2, -0.15) is 13.2 Å². The van der Waals surface area contributed by atoms with Gasteiger partial charge in [-0.1, -0.05) is 12.1 Å². The average Bonchev–Trinajstić information content (AvgIpc) is 3.33. The Morgan fingerprint density at radius 1 is 1.06 bits per heavy atom. The monoisotopic (exact) mass is 492 g/mol. The van der Waals surface area contributed by atoms with Crippen molar-refractivity contribution in [1.82, 2.24) is 4.90 Å². The number of esters is 1. The molecule has 1 heterocycles. The quantitative estimate of drug-likeness (QED) is 0.387. The molecule has 7 nitrogen and oxygen atoms in total. The molecular weight excluding hydrogens is 476 g/mol. The molecule has 1 aromatic carbocycles. The van der Waals surface area contributed by atoms with Crippen LogP contribution in [0.4, 0.5) is 18.9 Å². The van der Waals surface area contributed by atoms with Crippen molar-refractivity contribution in [2.24, 2.45) is 23.7 Å². The van der Waals surface area contributed by atoms with Gasteiger partial charge in [0.25, 0.3) is 5.91 Å². The van der Waals surface area contributed by atoms with E-state index < -0.39 is 76.9 Å². The summed E-state index contributed by atoms with van der Waals surface area (Å²) < 4.78 is 43.8. The Kier molecular flexibility index (Phi) is 5.87. The van der Waals surface area contributed by atoms with E-state index in [0.29, 0.717) is 6.42 Å². The van der Waals surface area contributed by atoms with Gasteiger partial charge in [-0.15, -0.1) is 23.2 Å². The third-order valence-electron chi connectivity index (χ3n) is 6.24. The molecular formula is C20H17Cl2F3N2O5. The number of hydrogen-bond donors (Lipinski definition) is 1. The number of carbonyl (C=O) groups is 4. The van der Waals surface area contributed by atoms with Crippen LogP contribution in [0, 0.1) is 23.7 Å². The number of benzene rings is 1. The second-order valence-corrected chi connectivity index (χ2v) is 9.03. The highest BCUT2D eigenvalue weighted by atomic mass is 35.5.